The molecule has 0 spiro atoms. The molecule has 25 heavy (non-hydrogen) atoms. The van der Waals surface area contributed by atoms with E-state index in [4.69, 9.17) is 0 Å². The second kappa shape index (κ2) is 6.82. The predicted octanol–water partition coefficient (Wildman–Crippen LogP) is 1.56. The maximum Gasteiger partial charge on any atom is 0.345 e. The maximum absolute atomic E-state index is 12.5. The molecule has 2 aromatic heterocycles. The number of aromatic nitrogens is 4. The Morgan fingerprint density at radius 1 is 1.32 bits per heavy atom. The number of hydrogen-bond acceptors (Lipinski definition) is 4. The van der Waals surface area contributed by atoms with E-state index in [1.165, 1.54) is 11.3 Å². The average Bonchev–Trinajstić information content (AvgIpc) is 2.82. The Bertz CT molecular complexity index is 839. The molecule has 1 unspecified atom stereocenters. The number of nitrogens with one attached hydrogen (secondary N) is 2. The highest BCUT2D eigenvalue weighted by Crippen LogP contribution is 2.31. The number of amides is 1. The van der Waals surface area contributed by atoms with E-state index < -0.39 is 0 Å². The standard InChI is InChI=1S/C18H25N5O2/c1-10-13(11(2)20-18(25)19-10)8-9-16(24)21-14-6-5-7-15-17(14)12(3)22-23(15)4/h14H,5-9H2,1-4H3,(H,21,24)(H,19,20,25). The Morgan fingerprint density at radius 2 is 2.08 bits per heavy atom. The first-order valence-corrected chi connectivity index (χ1v) is 8.75. The Kier molecular flexibility index (Phi) is 4.74. The summed E-state index contributed by atoms with van der Waals surface area (Å²) >= 11 is 0. The SMILES string of the molecule is Cc1nc(=O)[nH]c(C)c1CCC(=O)NC1CCCc2c1c(C)nn2C. The Labute approximate surface area is 146 Å². The highest BCUT2D eigenvalue weighted by molar-refractivity contribution is 5.77. The number of aromatic amines is 1. The van der Waals surface area contributed by atoms with E-state index in [-0.39, 0.29) is 17.6 Å². The first-order chi connectivity index (χ1) is 11.9. The van der Waals surface area contributed by atoms with Gasteiger partial charge in [0.15, 0.2) is 0 Å². The van der Waals surface area contributed by atoms with Crippen LogP contribution in [0.5, 0.6) is 0 Å². The summed E-state index contributed by atoms with van der Waals surface area (Å²) in [6.45, 7) is 5.65. The topological polar surface area (TPSA) is 92.7 Å². The van der Waals surface area contributed by atoms with Gasteiger partial charge in [0, 0.05) is 36.1 Å². The van der Waals surface area contributed by atoms with E-state index >= 15 is 0 Å². The third kappa shape index (κ3) is 3.50. The van der Waals surface area contributed by atoms with E-state index in [2.05, 4.69) is 20.4 Å². The Balaban J connectivity index is 1.68. The van der Waals surface area contributed by atoms with Gasteiger partial charge in [0.25, 0.3) is 0 Å². The molecule has 0 saturated carbocycles. The molecule has 0 aromatic carbocycles. The quantitative estimate of drug-likeness (QED) is 0.881. The van der Waals surface area contributed by atoms with Crippen LogP contribution in [0.25, 0.3) is 0 Å². The van der Waals surface area contributed by atoms with Crippen LogP contribution < -0.4 is 11.0 Å². The highest BCUT2D eigenvalue weighted by Gasteiger charge is 2.27. The van der Waals surface area contributed by atoms with Crippen LogP contribution in [0.1, 0.15) is 59.2 Å². The van der Waals surface area contributed by atoms with E-state index in [0.29, 0.717) is 18.5 Å². The maximum atomic E-state index is 12.5. The van der Waals surface area contributed by atoms with Gasteiger partial charge in [-0.2, -0.15) is 10.1 Å². The number of carbonyl (C=O) groups is 1. The summed E-state index contributed by atoms with van der Waals surface area (Å²) < 4.78 is 1.93. The van der Waals surface area contributed by atoms with Gasteiger partial charge < -0.3 is 10.3 Å². The summed E-state index contributed by atoms with van der Waals surface area (Å²) in [4.78, 5) is 30.4. The molecule has 0 bridgehead atoms. The lowest BCUT2D eigenvalue weighted by Gasteiger charge is -2.24. The minimum Gasteiger partial charge on any atom is -0.349 e. The second-order valence-corrected chi connectivity index (χ2v) is 6.81. The van der Waals surface area contributed by atoms with Crippen molar-refractivity contribution in [2.45, 2.75) is 58.9 Å². The van der Waals surface area contributed by atoms with Gasteiger partial charge in [-0.15, -0.1) is 0 Å². The van der Waals surface area contributed by atoms with Crippen LogP contribution in [0.3, 0.4) is 0 Å². The fourth-order valence-electron chi connectivity index (χ4n) is 3.86. The van der Waals surface area contributed by atoms with Crippen molar-refractivity contribution in [2.24, 2.45) is 7.05 Å². The molecule has 0 aliphatic heterocycles. The first kappa shape index (κ1) is 17.4. The zero-order chi connectivity index (χ0) is 18.1. The molecule has 134 valence electrons. The molecule has 7 heteroatoms. The molecule has 1 amide bonds. The Morgan fingerprint density at radius 3 is 2.80 bits per heavy atom. The van der Waals surface area contributed by atoms with Crippen LogP contribution in [0, 0.1) is 20.8 Å². The molecule has 0 radical (unpaired) electrons. The highest BCUT2D eigenvalue weighted by atomic mass is 16.1. The fourth-order valence-corrected chi connectivity index (χ4v) is 3.86. The summed E-state index contributed by atoms with van der Waals surface area (Å²) in [7, 11) is 1.96. The number of rotatable bonds is 4. The van der Waals surface area contributed by atoms with Gasteiger partial charge in [-0.25, -0.2) is 4.79 Å². The zero-order valence-electron chi connectivity index (χ0n) is 15.3. The zero-order valence-corrected chi connectivity index (χ0v) is 15.3. The number of nitrogens with zero attached hydrogens (tertiary/aromatic N) is 3. The van der Waals surface area contributed by atoms with Gasteiger partial charge in [-0.3, -0.25) is 9.48 Å². The van der Waals surface area contributed by atoms with Gasteiger partial charge in [-0.05, 0) is 52.0 Å². The van der Waals surface area contributed by atoms with Crippen molar-refractivity contribution in [2.75, 3.05) is 0 Å². The molecule has 1 aliphatic carbocycles. The van der Waals surface area contributed by atoms with Crippen molar-refractivity contribution in [3.05, 3.63) is 44.4 Å². The molecule has 2 aromatic rings. The summed E-state index contributed by atoms with van der Waals surface area (Å²) in [5.41, 5.74) is 5.48. The third-order valence-electron chi connectivity index (χ3n) is 5.04. The largest absolute Gasteiger partial charge is 0.349 e. The van der Waals surface area contributed by atoms with Crippen LogP contribution in [-0.2, 0) is 24.7 Å². The smallest absolute Gasteiger partial charge is 0.345 e. The third-order valence-corrected chi connectivity index (χ3v) is 5.04. The number of hydrogen-bond donors (Lipinski definition) is 2. The van der Waals surface area contributed by atoms with Gasteiger partial charge in [0.05, 0.1) is 11.7 Å². The summed E-state index contributed by atoms with van der Waals surface area (Å²) in [6.07, 6.45) is 3.96. The molecule has 1 aliphatic rings. The molecular weight excluding hydrogens is 318 g/mol. The van der Waals surface area contributed by atoms with E-state index in [0.717, 1.165) is 36.2 Å². The normalized spacial score (nSPS) is 16.6. The number of aryl methyl sites for hydroxylation is 4. The fraction of sp³-hybridized carbons (Fsp3) is 0.556. The van der Waals surface area contributed by atoms with Crippen LogP contribution >= 0.6 is 0 Å². The molecule has 2 N–H and O–H groups in total. The van der Waals surface area contributed by atoms with Crippen LogP contribution in [0.2, 0.25) is 0 Å². The summed E-state index contributed by atoms with van der Waals surface area (Å²) in [5.74, 6) is 0.0195. The predicted molar refractivity (Wildman–Crippen MR) is 94.4 cm³/mol. The first-order valence-electron chi connectivity index (χ1n) is 8.75. The second-order valence-electron chi connectivity index (χ2n) is 6.81. The number of fused-ring (bicyclic) bond motifs is 1. The van der Waals surface area contributed by atoms with Crippen LogP contribution in [-0.4, -0.2) is 25.7 Å². The van der Waals surface area contributed by atoms with Crippen molar-refractivity contribution >= 4 is 5.91 Å². The van der Waals surface area contributed by atoms with Crippen LogP contribution in [0.4, 0.5) is 0 Å². The molecular formula is C18H25N5O2. The minimum absolute atomic E-state index is 0.0195. The number of carbonyl (C=O) groups excluding carboxylic acids is 1. The van der Waals surface area contributed by atoms with Crippen molar-refractivity contribution in [1.82, 2.24) is 25.1 Å². The molecule has 3 rings (SSSR count). The van der Waals surface area contributed by atoms with E-state index in [9.17, 15) is 9.59 Å². The Hall–Kier alpha value is -2.44. The summed E-state index contributed by atoms with van der Waals surface area (Å²) in [5, 5.41) is 7.66. The lowest BCUT2D eigenvalue weighted by Crippen LogP contribution is -2.31. The van der Waals surface area contributed by atoms with Crippen molar-refractivity contribution in [1.29, 1.82) is 0 Å². The van der Waals surface area contributed by atoms with Gasteiger partial charge >= 0.3 is 5.69 Å². The molecule has 0 fully saturated rings. The van der Waals surface area contributed by atoms with Crippen molar-refractivity contribution < 1.29 is 4.79 Å². The van der Waals surface area contributed by atoms with E-state index in [1.54, 1.807) is 0 Å². The van der Waals surface area contributed by atoms with Crippen molar-refractivity contribution in [3.63, 3.8) is 0 Å². The van der Waals surface area contributed by atoms with Crippen LogP contribution in [0.15, 0.2) is 4.79 Å². The molecule has 2 heterocycles. The molecule has 7 nitrogen and oxygen atoms in total. The lowest BCUT2D eigenvalue weighted by atomic mass is 9.91. The van der Waals surface area contributed by atoms with Gasteiger partial charge in [-0.1, -0.05) is 0 Å². The van der Waals surface area contributed by atoms with Gasteiger partial charge in [0.2, 0.25) is 5.91 Å². The summed E-state index contributed by atoms with van der Waals surface area (Å²) in [6, 6.07) is 0.0425. The molecule has 0 saturated heterocycles. The number of H-pyrrole nitrogens is 1. The monoisotopic (exact) mass is 343 g/mol. The van der Waals surface area contributed by atoms with E-state index in [1.807, 2.05) is 32.5 Å². The minimum atomic E-state index is -0.343. The molecule has 1 atom stereocenters. The average molecular weight is 343 g/mol. The van der Waals surface area contributed by atoms with Gasteiger partial charge in [0.1, 0.15) is 0 Å². The lowest BCUT2D eigenvalue weighted by molar-refractivity contribution is -0.121. The van der Waals surface area contributed by atoms with Crippen molar-refractivity contribution in [3.8, 4) is 0 Å².